The van der Waals surface area contributed by atoms with Gasteiger partial charge in [-0.15, -0.1) is 11.8 Å². The van der Waals surface area contributed by atoms with Gasteiger partial charge in [0, 0.05) is 24.8 Å². The summed E-state index contributed by atoms with van der Waals surface area (Å²) < 4.78 is 6.21. The van der Waals surface area contributed by atoms with Crippen LogP contribution in [-0.2, 0) is 20.4 Å². The normalized spacial score (nSPS) is 16.8. The molecule has 2 rings (SSSR count). The zero-order valence-electron chi connectivity index (χ0n) is 21.0. The molecule has 0 bridgehead atoms. The van der Waals surface area contributed by atoms with Crippen molar-refractivity contribution in [3.63, 3.8) is 0 Å². The Morgan fingerprint density at radius 2 is 1.81 bits per heavy atom. The number of hydrogen-bond donors (Lipinski definition) is 1. The molecule has 180 valence electrons. The van der Waals surface area contributed by atoms with E-state index >= 15 is 0 Å². The van der Waals surface area contributed by atoms with Crippen LogP contribution in [0.3, 0.4) is 0 Å². The monoisotopic (exact) mass is 462 g/mol. The minimum absolute atomic E-state index is 0.0392. The molecule has 5 nitrogen and oxygen atoms in total. The molecule has 1 N–H and O–H groups in total. The van der Waals surface area contributed by atoms with Gasteiger partial charge in [0.05, 0.1) is 12.5 Å². The predicted octanol–water partition coefficient (Wildman–Crippen LogP) is 5.26. The summed E-state index contributed by atoms with van der Waals surface area (Å²) >= 11 is 1.62. The number of nitrogens with zero attached hydrogens (tertiary/aromatic N) is 1. The Kier molecular flexibility index (Phi) is 9.50. The minimum Gasteiger partial charge on any atom is -0.493 e. The maximum Gasteiger partial charge on any atom is 0.243 e. The lowest BCUT2D eigenvalue weighted by Gasteiger charge is -2.30. The molecule has 0 aromatic heterocycles. The van der Waals surface area contributed by atoms with Crippen LogP contribution in [0.4, 0.5) is 0 Å². The molecule has 1 aromatic rings. The number of rotatable bonds is 11. The molecule has 1 unspecified atom stereocenters. The lowest BCUT2D eigenvalue weighted by atomic mass is 9.76. The predicted molar refractivity (Wildman–Crippen MR) is 134 cm³/mol. The minimum atomic E-state index is -0.335. The van der Waals surface area contributed by atoms with E-state index in [0.717, 1.165) is 31.4 Å². The Bertz CT molecular complexity index is 791. The second-order valence-electron chi connectivity index (χ2n) is 10.0. The van der Waals surface area contributed by atoms with Gasteiger partial charge in [0.2, 0.25) is 11.8 Å². The Morgan fingerprint density at radius 3 is 2.44 bits per heavy atom. The number of unbranched alkanes of at least 4 members (excludes halogenated alkanes) is 1. The molecule has 2 amide bonds. The molecule has 6 heteroatoms. The Labute approximate surface area is 199 Å². The van der Waals surface area contributed by atoms with Crippen LogP contribution in [0, 0.1) is 0 Å². The maximum atomic E-state index is 12.4. The molecule has 0 spiro atoms. The van der Waals surface area contributed by atoms with Crippen molar-refractivity contribution in [2.75, 3.05) is 24.8 Å². The third kappa shape index (κ3) is 6.66. The summed E-state index contributed by atoms with van der Waals surface area (Å²) in [5, 5.41) is 2.98. The average molecular weight is 463 g/mol. The van der Waals surface area contributed by atoms with Crippen LogP contribution in [0.2, 0.25) is 0 Å². The molecule has 0 aliphatic carbocycles. The second-order valence-corrected chi connectivity index (χ2v) is 11.0. The summed E-state index contributed by atoms with van der Waals surface area (Å²) in [6.07, 6.45) is 3.85. The van der Waals surface area contributed by atoms with Gasteiger partial charge in [-0.1, -0.05) is 53.7 Å². The number of carbonyl (C=O) groups is 2. The molecular formula is C26H42N2O3S. The van der Waals surface area contributed by atoms with E-state index in [1.54, 1.807) is 16.7 Å². The number of thioether (sulfide) groups is 1. The number of nitrogens with one attached hydrogen (secondary N) is 1. The van der Waals surface area contributed by atoms with E-state index in [1.807, 2.05) is 0 Å². The summed E-state index contributed by atoms with van der Waals surface area (Å²) in [7, 11) is 0. The second kappa shape index (κ2) is 11.4. The van der Waals surface area contributed by atoms with E-state index in [0.29, 0.717) is 24.8 Å². The van der Waals surface area contributed by atoms with Crippen LogP contribution in [0.15, 0.2) is 18.2 Å². The summed E-state index contributed by atoms with van der Waals surface area (Å²) in [5.41, 5.74) is 2.82. The molecule has 1 aliphatic rings. The van der Waals surface area contributed by atoms with Crippen LogP contribution < -0.4 is 10.1 Å². The Hall–Kier alpha value is -1.69. The van der Waals surface area contributed by atoms with Gasteiger partial charge in [-0.05, 0) is 48.1 Å². The number of ether oxygens (including phenoxy) is 1. The fourth-order valence-electron chi connectivity index (χ4n) is 3.71. The highest BCUT2D eigenvalue weighted by Crippen LogP contribution is 2.38. The summed E-state index contributed by atoms with van der Waals surface area (Å²) in [4.78, 5) is 25.7. The van der Waals surface area contributed by atoms with Crippen molar-refractivity contribution >= 4 is 23.6 Å². The lowest BCUT2D eigenvalue weighted by Crippen LogP contribution is -2.46. The van der Waals surface area contributed by atoms with Crippen LogP contribution in [0.1, 0.15) is 85.3 Å². The van der Waals surface area contributed by atoms with E-state index in [2.05, 4.69) is 65.1 Å². The Balaban J connectivity index is 1.88. The lowest BCUT2D eigenvalue weighted by molar-refractivity contribution is -0.136. The summed E-state index contributed by atoms with van der Waals surface area (Å²) in [5.74, 6) is 2.16. The Morgan fingerprint density at radius 1 is 1.12 bits per heavy atom. The molecule has 1 aliphatic heterocycles. The fraction of sp³-hybridized carbons (Fsp3) is 0.692. The van der Waals surface area contributed by atoms with Gasteiger partial charge in [-0.25, -0.2) is 0 Å². The first-order chi connectivity index (χ1) is 15.0. The molecule has 0 saturated carbocycles. The number of benzene rings is 1. The third-order valence-electron chi connectivity index (χ3n) is 6.98. The topological polar surface area (TPSA) is 58.6 Å². The van der Waals surface area contributed by atoms with Crippen LogP contribution in [0.25, 0.3) is 0 Å². The van der Waals surface area contributed by atoms with Crippen molar-refractivity contribution < 1.29 is 14.3 Å². The molecule has 1 aromatic carbocycles. The van der Waals surface area contributed by atoms with E-state index in [1.165, 1.54) is 18.1 Å². The van der Waals surface area contributed by atoms with E-state index < -0.39 is 0 Å². The van der Waals surface area contributed by atoms with Crippen molar-refractivity contribution in [1.82, 2.24) is 10.2 Å². The third-order valence-corrected chi connectivity index (χ3v) is 7.99. The van der Waals surface area contributed by atoms with Gasteiger partial charge in [-0.2, -0.15) is 0 Å². The van der Waals surface area contributed by atoms with Crippen molar-refractivity contribution in [2.24, 2.45) is 0 Å². The first-order valence-electron chi connectivity index (χ1n) is 11.9. The van der Waals surface area contributed by atoms with Gasteiger partial charge < -0.3 is 15.0 Å². The standard InChI is InChI=1S/C26H42N2O3S/c1-8-25(4,5)20-12-13-23(21(16-20)26(6,7)9-2)31-15-11-10-14-27-24(30)22-17-32-18-28(22)19(3)29/h12-13,16,22H,8-11,14-15,17-18H2,1-7H3,(H,27,30). The highest BCUT2D eigenvalue weighted by molar-refractivity contribution is 7.99. The maximum absolute atomic E-state index is 12.4. The van der Waals surface area contributed by atoms with Crippen molar-refractivity contribution in [3.8, 4) is 5.75 Å². The van der Waals surface area contributed by atoms with Crippen molar-refractivity contribution in [2.45, 2.75) is 91.0 Å². The fourth-order valence-corrected chi connectivity index (χ4v) is 4.93. The first-order valence-corrected chi connectivity index (χ1v) is 13.1. The molecule has 1 heterocycles. The van der Waals surface area contributed by atoms with Gasteiger partial charge in [0.25, 0.3) is 0 Å². The van der Waals surface area contributed by atoms with E-state index in [4.69, 9.17) is 4.74 Å². The number of hydrogen-bond acceptors (Lipinski definition) is 4. The molecule has 1 saturated heterocycles. The first kappa shape index (κ1) is 26.6. The number of carbonyl (C=O) groups excluding carboxylic acids is 2. The highest BCUT2D eigenvalue weighted by Gasteiger charge is 2.32. The van der Waals surface area contributed by atoms with Gasteiger partial charge in [0.1, 0.15) is 11.8 Å². The molecule has 1 fully saturated rings. The van der Waals surface area contributed by atoms with Crippen molar-refractivity contribution in [1.29, 1.82) is 0 Å². The summed E-state index contributed by atoms with van der Waals surface area (Å²) in [6.45, 7) is 16.3. The van der Waals surface area contributed by atoms with Gasteiger partial charge >= 0.3 is 0 Å². The van der Waals surface area contributed by atoms with E-state index in [9.17, 15) is 9.59 Å². The quantitative estimate of drug-likeness (QED) is 0.456. The van der Waals surface area contributed by atoms with E-state index in [-0.39, 0.29) is 28.7 Å². The van der Waals surface area contributed by atoms with Crippen LogP contribution in [0.5, 0.6) is 5.75 Å². The van der Waals surface area contributed by atoms with Gasteiger partial charge in [-0.3, -0.25) is 9.59 Å². The van der Waals surface area contributed by atoms with Crippen molar-refractivity contribution in [3.05, 3.63) is 29.3 Å². The molecule has 0 radical (unpaired) electrons. The number of amides is 2. The molecular weight excluding hydrogens is 420 g/mol. The smallest absolute Gasteiger partial charge is 0.243 e. The molecule has 32 heavy (non-hydrogen) atoms. The largest absolute Gasteiger partial charge is 0.493 e. The SMILES string of the molecule is CCC(C)(C)c1ccc(OCCCCNC(=O)C2CSCN2C(C)=O)c(C(C)(C)CC)c1. The highest BCUT2D eigenvalue weighted by atomic mass is 32.2. The van der Waals surface area contributed by atoms with Crippen LogP contribution in [-0.4, -0.2) is 47.5 Å². The molecule has 1 atom stereocenters. The van der Waals surface area contributed by atoms with Crippen LogP contribution >= 0.6 is 11.8 Å². The average Bonchev–Trinajstić information content (AvgIpc) is 3.26. The summed E-state index contributed by atoms with van der Waals surface area (Å²) in [6, 6.07) is 6.34. The zero-order chi connectivity index (χ0) is 23.9. The van der Waals surface area contributed by atoms with Gasteiger partial charge in [0.15, 0.2) is 0 Å². The zero-order valence-corrected chi connectivity index (χ0v) is 21.9.